The summed E-state index contributed by atoms with van der Waals surface area (Å²) < 4.78 is 0. The second-order valence-electron chi connectivity index (χ2n) is 5.49. The summed E-state index contributed by atoms with van der Waals surface area (Å²) in [6.45, 7) is 9.56. The summed E-state index contributed by atoms with van der Waals surface area (Å²) in [6, 6.07) is 0. The monoisotopic (exact) mass is 298 g/mol. The second kappa shape index (κ2) is 16.3. The van der Waals surface area contributed by atoms with Gasteiger partial charge < -0.3 is 4.70 Å². The Morgan fingerprint density at radius 2 is 0.947 bits per heavy atom. The smallest absolute Gasteiger partial charge is 0.0594 e. The van der Waals surface area contributed by atoms with Gasteiger partial charge >= 0.3 is 0 Å². The fourth-order valence-electron chi connectivity index (χ4n) is 2.73. The van der Waals surface area contributed by atoms with E-state index in [0.717, 1.165) is 0 Å². The highest BCUT2D eigenvalue weighted by atomic mass is 31.2. The van der Waals surface area contributed by atoms with Gasteiger partial charge in [0, 0.05) is 7.26 Å². The van der Waals surface area contributed by atoms with Gasteiger partial charge in [0.1, 0.15) is 0 Å². The molecule has 3 heteroatoms. The first-order valence-electron chi connectivity index (χ1n) is 8.09. The van der Waals surface area contributed by atoms with Crippen LogP contribution in [0.5, 0.6) is 0 Å². The summed E-state index contributed by atoms with van der Waals surface area (Å²) in [4.78, 5) is 0. The van der Waals surface area contributed by atoms with E-state index in [2.05, 4.69) is 27.7 Å². The zero-order chi connectivity index (χ0) is 13.0. The van der Waals surface area contributed by atoms with Crippen molar-refractivity contribution in [2.45, 2.75) is 79.1 Å². The van der Waals surface area contributed by atoms with Crippen LogP contribution in [0.4, 0.5) is 4.70 Å². The van der Waals surface area contributed by atoms with Crippen LogP contribution in [0.15, 0.2) is 0 Å². The fraction of sp³-hybridized carbons (Fsp3) is 1.00. The third-order valence-electron chi connectivity index (χ3n) is 4.50. The normalized spacial score (nSPS) is 10.7. The first-order chi connectivity index (χ1) is 8.24. The highest BCUT2D eigenvalue weighted by molar-refractivity contribution is 7.75. The van der Waals surface area contributed by atoms with Crippen molar-refractivity contribution in [1.29, 1.82) is 0 Å². The third kappa shape index (κ3) is 11.8. The lowest BCUT2D eigenvalue weighted by Crippen LogP contribution is -3.00. The molecule has 0 rings (SSSR count). The Hall–Kier alpha value is 0.290. The fourth-order valence-corrected chi connectivity index (χ4v) is 5.91. The molecule has 0 radical (unpaired) electrons. The summed E-state index contributed by atoms with van der Waals surface area (Å²) in [5.41, 5.74) is 0. The van der Waals surface area contributed by atoms with Gasteiger partial charge in [-0.2, -0.15) is 0 Å². The van der Waals surface area contributed by atoms with Crippen LogP contribution in [-0.2, 0) is 0 Å². The topological polar surface area (TPSA) is 0 Å². The van der Waals surface area contributed by atoms with Crippen LogP contribution in [0.25, 0.3) is 0 Å². The average molecular weight is 298 g/mol. The lowest BCUT2D eigenvalue weighted by molar-refractivity contribution is -0.00000488. The summed E-state index contributed by atoms with van der Waals surface area (Å²) in [5, 5.41) is 0. The maximum absolute atomic E-state index is 2.42. The van der Waals surface area contributed by atoms with Crippen molar-refractivity contribution in [2.75, 3.05) is 24.6 Å². The minimum absolute atomic E-state index is 0. The molecule has 120 valence electrons. The Bertz CT molecular complexity index is 151. The molecular formula is C16H37F2P. The third-order valence-corrected chi connectivity index (χ3v) is 9.79. The Labute approximate surface area is 121 Å². The molecule has 0 aromatic heterocycles. The van der Waals surface area contributed by atoms with Crippen LogP contribution in [0.1, 0.15) is 79.1 Å². The highest BCUT2D eigenvalue weighted by Gasteiger charge is 2.29. The lowest BCUT2D eigenvalue weighted by atomic mass is 10.1. The molecular weight excluding hydrogens is 261 g/mol. The average Bonchev–Trinajstić information content (AvgIpc) is 2.38. The van der Waals surface area contributed by atoms with E-state index in [-0.39, 0.29) is 9.41 Å². The molecule has 0 aliphatic carbocycles. The molecule has 0 unspecified atom stereocenters. The number of unbranched alkanes of at least 4 members (excludes halogenated alkanes) is 7. The van der Waals surface area contributed by atoms with Gasteiger partial charge in [-0.3, -0.25) is 4.70 Å². The van der Waals surface area contributed by atoms with E-state index in [1.807, 2.05) is 0 Å². The molecule has 0 aromatic rings. The molecule has 0 bridgehead atoms. The number of halogens is 2. The minimum atomic E-state index is -0.505. The van der Waals surface area contributed by atoms with Gasteiger partial charge in [-0.05, 0) is 33.6 Å². The molecule has 0 spiro atoms. The molecule has 0 saturated carbocycles. The summed E-state index contributed by atoms with van der Waals surface area (Å²) in [7, 11) is -0.505. The van der Waals surface area contributed by atoms with Crippen molar-refractivity contribution in [3.8, 4) is 0 Å². The van der Waals surface area contributed by atoms with E-state index in [9.17, 15) is 0 Å². The Kier molecular flexibility index (Phi) is 20.9. The van der Waals surface area contributed by atoms with Crippen molar-refractivity contribution >= 4 is 7.26 Å². The van der Waals surface area contributed by atoms with Crippen LogP contribution in [-0.4, -0.2) is 24.6 Å². The molecule has 0 heterocycles. The van der Waals surface area contributed by atoms with Crippen molar-refractivity contribution in [1.82, 2.24) is 0 Å². The van der Waals surface area contributed by atoms with Gasteiger partial charge in [-0.25, -0.2) is 0 Å². The maximum atomic E-state index is 2.42. The van der Waals surface area contributed by atoms with Gasteiger partial charge in [0.15, 0.2) is 0 Å². The van der Waals surface area contributed by atoms with Gasteiger partial charge in [-0.1, -0.05) is 45.4 Å². The summed E-state index contributed by atoms with van der Waals surface area (Å²) in [5.74, 6) is 0. The molecule has 0 aliphatic heterocycles. The number of hydrogen-bond acceptors (Lipinski definition) is 0. The Morgan fingerprint density at radius 3 is 1.32 bits per heavy atom. The molecule has 0 fully saturated rings. The minimum Gasteiger partial charge on any atom is -1.00 e. The van der Waals surface area contributed by atoms with Crippen molar-refractivity contribution in [3.05, 3.63) is 0 Å². The Balaban J connectivity index is -0.00000128. The van der Waals surface area contributed by atoms with Gasteiger partial charge in [0.05, 0.1) is 24.6 Å². The van der Waals surface area contributed by atoms with Gasteiger partial charge in [-0.15, -0.1) is 0 Å². The van der Waals surface area contributed by atoms with E-state index in [1.54, 1.807) is 6.16 Å². The summed E-state index contributed by atoms with van der Waals surface area (Å²) in [6.07, 6.45) is 17.7. The summed E-state index contributed by atoms with van der Waals surface area (Å²) >= 11 is 0. The van der Waals surface area contributed by atoms with E-state index in [0.29, 0.717) is 0 Å². The maximum Gasteiger partial charge on any atom is 0.0594 e. The lowest BCUT2D eigenvalue weighted by Gasteiger charge is -2.23. The zero-order valence-electron chi connectivity index (χ0n) is 13.7. The first-order valence-corrected chi connectivity index (χ1v) is 10.6. The van der Waals surface area contributed by atoms with E-state index >= 15 is 0 Å². The molecule has 0 aromatic carbocycles. The number of rotatable bonds is 12. The van der Waals surface area contributed by atoms with E-state index in [1.165, 1.54) is 69.9 Å². The predicted octanol–water partition coefficient (Wildman–Crippen LogP) is 3.36. The van der Waals surface area contributed by atoms with E-state index in [4.69, 9.17) is 0 Å². The molecule has 0 amide bonds. The number of hydrogen-bond donors (Lipinski definition) is 0. The first kappa shape index (κ1) is 24.3. The van der Waals surface area contributed by atoms with Crippen LogP contribution in [0.2, 0.25) is 0 Å². The van der Waals surface area contributed by atoms with Gasteiger partial charge in [0.25, 0.3) is 0 Å². The zero-order valence-corrected chi connectivity index (χ0v) is 14.6. The molecule has 19 heavy (non-hydrogen) atoms. The Morgan fingerprint density at radius 1 is 0.579 bits per heavy atom. The van der Waals surface area contributed by atoms with Crippen LogP contribution in [0.3, 0.4) is 0 Å². The van der Waals surface area contributed by atoms with Crippen molar-refractivity contribution < 1.29 is 9.41 Å². The van der Waals surface area contributed by atoms with Crippen LogP contribution < -0.4 is 4.70 Å². The molecule has 0 atom stereocenters. The largest absolute Gasteiger partial charge is 1.00 e. The van der Waals surface area contributed by atoms with Gasteiger partial charge in [0.2, 0.25) is 0 Å². The van der Waals surface area contributed by atoms with Crippen LogP contribution >= 0.6 is 7.26 Å². The van der Waals surface area contributed by atoms with Crippen molar-refractivity contribution in [2.24, 2.45) is 0 Å². The quantitative estimate of drug-likeness (QED) is 0.383. The predicted molar refractivity (Wildman–Crippen MR) is 88.5 cm³/mol. The second-order valence-corrected chi connectivity index (χ2v) is 10.5. The molecule has 0 nitrogen and oxygen atoms in total. The van der Waals surface area contributed by atoms with Crippen molar-refractivity contribution in [3.63, 3.8) is 0 Å². The standard InChI is InChI=1S/C16H36P.2FH/c1-5-9-10-11-12-13-14-15-16-17(6-2,7-3)8-4;;/h5-16H2,1-4H3;2*1H/q+1;;/p-1. The highest BCUT2D eigenvalue weighted by Crippen LogP contribution is 2.58. The molecule has 0 saturated heterocycles. The molecule has 0 aliphatic rings. The van der Waals surface area contributed by atoms with E-state index < -0.39 is 7.26 Å². The SMILES string of the molecule is CCCCCCCCCC[P+](CC)(CC)CC.F.[F-]. The van der Waals surface area contributed by atoms with Crippen LogP contribution in [0, 0.1) is 0 Å². The molecule has 0 N–H and O–H groups in total.